The summed E-state index contributed by atoms with van der Waals surface area (Å²) in [5.74, 6) is 0.851. The molecule has 1 aromatic carbocycles. The molecule has 1 fully saturated rings. The Hall–Kier alpha value is -1.95. The minimum absolute atomic E-state index is 0.150. The van der Waals surface area contributed by atoms with Gasteiger partial charge in [-0.25, -0.2) is 0 Å². The lowest BCUT2D eigenvalue weighted by molar-refractivity contribution is -0.134. The first kappa shape index (κ1) is 14.5. The average molecular weight is 279 g/mol. The summed E-state index contributed by atoms with van der Waals surface area (Å²) < 4.78 is 10.4. The summed E-state index contributed by atoms with van der Waals surface area (Å²) in [5.41, 5.74) is 7.26. The Morgan fingerprint density at radius 3 is 2.85 bits per heavy atom. The van der Waals surface area contributed by atoms with Gasteiger partial charge in [0.25, 0.3) is 0 Å². The zero-order valence-corrected chi connectivity index (χ0v) is 11.7. The summed E-state index contributed by atoms with van der Waals surface area (Å²) in [4.78, 5) is 13.8. The number of nitrogens with zero attached hydrogens (tertiary/aromatic N) is 1. The molecule has 0 aliphatic carbocycles. The number of ether oxygens (including phenoxy) is 2. The number of hydrogen-bond acceptors (Lipinski definition) is 5. The van der Waals surface area contributed by atoms with Crippen molar-refractivity contribution in [3.8, 4) is 5.75 Å². The Kier molecular flexibility index (Phi) is 5.06. The smallest absolute Gasteiger partial charge is 0.224 e. The van der Waals surface area contributed by atoms with E-state index in [1.807, 2.05) is 17.0 Å². The first-order chi connectivity index (χ1) is 9.69. The molecule has 6 heteroatoms. The number of amides is 1. The van der Waals surface area contributed by atoms with E-state index in [0.29, 0.717) is 50.7 Å². The summed E-state index contributed by atoms with van der Waals surface area (Å²) in [6.45, 7) is 3.20. The Bertz CT molecular complexity index is 459. The molecule has 110 valence electrons. The van der Waals surface area contributed by atoms with E-state index in [2.05, 4.69) is 5.32 Å². The van der Waals surface area contributed by atoms with E-state index in [-0.39, 0.29) is 5.91 Å². The van der Waals surface area contributed by atoms with Gasteiger partial charge >= 0.3 is 0 Å². The Morgan fingerprint density at radius 1 is 1.40 bits per heavy atom. The fraction of sp³-hybridized carbons (Fsp3) is 0.500. The number of methoxy groups -OCH3 is 1. The molecule has 1 aromatic rings. The van der Waals surface area contributed by atoms with Gasteiger partial charge in [0, 0.05) is 49.6 Å². The molecule has 1 heterocycles. The summed E-state index contributed by atoms with van der Waals surface area (Å²) in [6, 6.07) is 5.43. The zero-order chi connectivity index (χ0) is 14.4. The quantitative estimate of drug-likeness (QED) is 0.784. The number of nitrogens with two attached hydrogens (primary N) is 1. The minimum atomic E-state index is 0.150. The van der Waals surface area contributed by atoms with Crippen LogP contribution in [0.15, 0.2) is 18.2 Å². The molecule has 0 unspecified atom stereocenters. The van der Waals surface area contributed by atoms with Gasteiger partial charge in [0.1, 0.15) is 5.75 Å². The van der Waals surface area contributed by atoms with Crippen molar-refractivity contribution in [3.63, 3.8) is 0 Å². The average Bonchev–Trinajstić information content (AvgIpc) is 2.47. The maximum atomic E-state index is 12.0. The third kappa shape index (κ3) is 4.03. The fourth-order valence-corrected chi connectivity index (χ4v) is 2.13. The highest BCUT2D eigenvalue weighted by atomic mass is 16.5. The SMILES string of the molecule is COc1cc(N)cc(NCCC(=O)N2CCOCC2)c1. The van der Waals surface area contributed by atoms with E-state index in [4.69, 9.17) is 15.2 Å². The van der Waals surface area contributed by atoms with Gasteiger partial charge in [-0.2, -0.15) is 0 Å². The first-order valence-corrected chi connectivity index (χ1v) is 6.73. The second-order valence-corrected chi connectivity index (χ2v) is 4.66. The molecule has 0 radical (unpaired) electrons. The Morgan fingerprint density at radius 2 is 2.15 bits per heavy atom. The number of nitrogen functional groups attached to an aromatic ring is 1. The van der Waals surface area contributed by atoms with Crippen LogP contribution in [0.1, 0.15) is 6.42 Å². The molecule has 6 nitrogen and oxygen atoms in total. The molecule has 0 spiro atoms. The summed E-state index contributed by atoms with van der Waals surface area (Å²) in [6.07, 6.45) is 0.455. The van der Waals surface area contributed by atoms with Crippen LogP contribution in [0.4, 0.5) is 11.4 Å². The van der Waals surface area contributed by atoms with Crippen LogP contribution in [0, 0.1) is 0 Å². The lowest BCUT2D eigenvalue weighted by Gasteiger charge is -2.26. The van der Waals surface area contributed by atoms with Crippen LogP contribution in [0.25, 0.3) is 0 Å². The monoisotopic (exact) mass is 279 g/mol. The molecule has 0 aromatic heterocycles. The van der Waals surface area contributed by atoms with Crippen molar-refractivity contribution in [3.05, 3.63) is 18.2 Å². The zero-order valence-electron chi connectivity index (χ0n) is 11.7. The molecule has 1 amide bonds. The maximum absolute atomic E-state index is 12.0. The van der Waals surface area contributed by atoms with Gasteiger partial charge in [0.2, 0.25) is 5.91 Å². The van der Waals surface area contributed by atoms with Crippen LogP contribution in [0.3, 0.4) is 0 Å². The second kappa shape index (κ2) is 7.00. The molecule has 3 N–H and O–H groups in total. The van der Waals surface area contributed by atoms with Gasteiger partial charge in [-0.15, -0.1) is 0 Å². The van der Waals surface area contributed by atoms with E-state index in [1.165, 1.54) is 0 Å². The second-order valence-electron chi connectivity index (χ2n) is 4.66. The van der Waals surface area contributed by atoms with Crippen LogP contribution in [0.2, 0.25) is 0 Å². The van der Waals surface area contributed by atoms with E-state index in [9.17, 15) is 4.79 Å². The number of hydrogen-bond donors (Lipinski definition) is 2. The summed E-state index contributed by atoms with van der Waals surface area (Å²) in [5, 5.41) is 3.19. The highest BCUT2D eigenvalue weighted by Crippen LogP contribution is 2.22. The fourth-order valence-electron chi connectivity index (χ4n) is 2.13. The highest BCUT2D eigenvalue weighted by Gasteiger charge is 2.15. The predicted molar refractivity (Wildman–Crippen MR) is 77.9 cm³/mol. The van der Waals surface area contributed by atoms with Crippen molar-refractivity contribution in [1.29, 1.82) is 0 Å². The number of nitrogens with one attached hydrogen (secondary N) is 1. The minimum Gasteiger partial charge on any atom is -0.497 e. The van der Waals surface area contributed by atoms with Crippen LogP contribution in [-0.4, -0.2) is 50.8 Å². The van der Waals surface area contributed by atoms with Gasteiger partial charge in [-0.3, -0.25) is 4.79 Å². The lowest BCUT2D eigenvalue weighted by Crippen LogP contribution is -2.41. The molecule has 1 aliphatic heterocycles. The standard InChI is InChI=1S/C14H21N3O3/c1-19-13-9-11(15)8-12(10-13)16-3-2-14(18)17-4-6-20-7-5-17/h8-10,16H,2-7,15H2,1H3. The molecule has 0 bridgehead atoms. The topological polar surface area (TPSA) is 76.8 Å². The largest absolute Gasteiger partial charge is 0.497 e. The van der Waals surface area contributed by atoms with E-state index in [0.717, 1.165) is 5.69 Å². The van der Waals surface area contributed by atoms with Crippen molar-refractivity contribution >= 4 is 17.3 Å². The van der Waals surface area contributed by atoms with Crippen molar-refractivity contribution in [2.45, 2.75) is 6.42 Å². The number of benzene rings is 1. The summed E-state index contributed by atoms with van der Waals surface area (Å²) >= 11 is 0. The van der Waals surface area contributed by atoms with E-state index < -0.39 is 0 Å². The van der Waals surface area contributed by atoms with Crippen molar-refractivity contribution in [1.82, 2.24) is 4.90 Å². The van der Waals surface area contributed by atoms with Crippen molar-refractivity contribution < 1.29 is 14.3 Å². The van der Waals surface area contributed by atoms with Crippen LogP contribution >= 0.6 is 0 Å². The molecule has 2 rings (SSSR count). The molecule has 0 atom stereocenters. The number of carbonyl (C=O) groups excluding carboxylic acids is 1. The van der Waals surface area contributed by atoms with E-state index >= 15 is 0 Å². The van der Waals surface area contributed by atoms with Gasteiger partial charge in [0.15, 0.2) is 0 Å². The maximum Gasteiger partial charge on any atom is 0.224 e. The van der Waals surface area contributed by atoms with Gasteiger partial charge in [0.05, 0.1) is 20.3 Å². The Labute approximate surface area is 118 Å². The Balaban J connectivity index is 1.80. The molecule has 1 saturated heterocycles. The molecule has 1 aliphatic rings. The molecule has 20 heavy (non-hydrogen) atoms. The van der Waals surface area contributed by atoms with Gasteiger partial charge in [-0.1, -0.05) is 0 Å². The van der Waals surface area contributed by atoms with Crippen molar-refractivity contribution in [2.75, 3.05) is 51.0 Å². The summed E-state index contributed by atoms with van der Waals surface area (Å²) in [7, 11) is 1.60. The number of rotatable bonds is 5. The number of anilines is 2. The van der Waals surface area contributed by atoms with Crippen LogP contribution in [-0.2, 0) is 9.53 Å². The first-order valence-electron chi connectivity index (χ1n) is 6.73. The molecular formula is C14H21N3O3. The molecular weight excluding hydrogens is 258 g/mol. The van der Waals surface area contributed by atoms with Crippen LogP contribution < -0.4 is 15.8 Å². The van der Waals surface area contributed by atoms with Crippen LogP contribution in [0.5, 0.6) is 5.75 Å². The van der Waals surface area contributed by atoms with Gasteiger partial charge < -0.3 is 25.4 Å². The van der Waals surface area contributed by atoms with E-state index in [1.54, 1.807) is 13.2 Å². The molecule has 0 saturated carbocycles. The normalized spacial score (nSPS) is 14.9. The third-order valence-corrected chi connectivity index (χ3v) is 3.20. The predicted octanol–water partition coefficient (Wildman–Crippen LogP) is 0.938. The number of morpholine rings is 1. The highest BCUT2D eigenvalue weighted by molar-refractivity contribution is 5.77. The number of carbonyl (C=O) groups is 1. The third-order valence-electron chi connectivity index (χ3n) is 3.20. The van der Waals surface area contributed by atoms with Crippen molar-refractivity contribution in [2.24, 2.45) is 0 Å². The lowest BCUT2D eigenvalue weighted by atomic mass is 10.2. The van der Waals surface area contributed by atoms with Gasteiger partial charge in [-0.05, 0) is 6.07 Å².